The van der Waals surface area contributed by atoms with E-state index in [-0.39, 0.29) is 23.7 Å². The van der Waals surface area contributed by atoms with Crippen molar-refractivity contribution in [1.29, 1.82) is 0 Å². The first kappa shape index (κ1) is 19.7. The van der Waals surface area contributed by atoms with Crippen molar-refractivity contribution in [3.63, 3.8) is 0 Å². The topological polar surface area (TPSA) is 67.4 Å². The molecule has 0 aliphatic heterocycles. The molecule has 0 saturated carbocycles. The van der Waals surface area contributed by atoms with Crippen molar-refractivity contribution in [3.8, 4) is 0 Å². The van der Waals surface area contributed by atoms with E-state index in [0.717, 1.165) is 5.56 Å². The van der Waals surface area contributed by atoms with E-state index in [0.29, 0.717) is 17.7 Å². The number of rotatable bonds is 6. The number of urea groups is 1. The molecule has 2 N–H and O–H groups in total. The molecule has 0 saturated heterocycles. The van der Waals surface area contributed by atoms with E-state index in [1.807, 2.05) is 13.8 Å². The first-order valence-electron chi connectivity index (χ1n) is 8.09. The van der Waals surface area contributed by atoms with E-state index >= 15 is 0 Å². The lowest BCUT2D eigenvalue weighted by atomic mass is 10.1. The molecule has 2 rings (SSSR count). The van der Waals surface area contributed by atoms with Gasteiger partial charge in [-0.25, -0.2) is 14.0 Å². The molecule has 0 bridgehead atoms. The average Bonchev–Trinajstić information content (AvgIpc) is 2.59. The standard InChI is InChI=1S/C19H20ClFN2O3/c1-12(2)23-19(25)22-10-13-3-5-14(6-4-13)18(24)26-11-15-7-8-16(21)9-17(15)20/h3-9,12H,10-11H2,1-2H3,(H2,22,23,25). The number of halogens is 2. The van der Waals surface area contributed by atoms with Crippen molar-refractivity contribution < 1.29 is 18.7 Å². The van der Waals surface area contributed by atoms with Crippen LogP contribution >= 0.6 is 11.6 Å². The molecule has 2 amide bonds. The van der Waals surface area contributed by atoms with Crippen LogP contribution in [0, 0.1) is 5.82 Å². The third-order valence-electron chi connectivity index (χ3n) is 3.44. The van der Waals surface area contributed by atoms with E-state index < -0.39 is 11.8 Å². The molecule has 0 spiro atoms. The molecular weight excluding hydrogens is 359 g/mol. The molecule has 0 aliphatic rings. The lowest BCUT2D eigenvalue weighted by molar-refractivity contribution is 0.0473. The van der Waals surface area contributed by atoms with Crippen LogP contribution in [0.5, 0.6) is 0 Å². The number of carbonyl (C=O) groups excluding carboxylic acids is 2. The Morgan fingerprint density at radius 3 is 2.46 bits per heavy atom. The highest BCUT2D eigenvalue weighted by Gasteiger charge is 2.10. The highest BCUT2D eigenvalue weighted by atomic mass is 35.5. The zero-order valence-corrected chi connectivity index (χ0v) is 15.3. The van der Waals surface area contributed by atoms with Gasteiger partial charge in [0.25, 0.3) is 0 Å². The van der Waals surface area contributed by atoms with Crippen LogP contribution in [0.2, 0.25) is 5.02 Å². The number of hydrogen-bond acceptors (Lipinski definition) is 3. The van der Waals surface area contributed by atoms with E-state index in [9.17, 15) is 14.0 Å². The summed E-state index contributed by atoms with van der Waals surface area (Å²) in [6.45, 7) is 4.05. The van der Waals surface area contributed by atoms with Crippen LogP contribution in [-0.2, 0) is 17.9 Å². The van der Waals surface area contributed by atoms with Gasteiger partial charge in [-0.15, -0.1) is 0 Å². The zero-order valence-electron chi connectivity index (χ0n) is 14.5. The zero-order chi connectivity index (χ0) is 19.1. The van der Waals surface area contributed by atoms with Crippen LogP contribution in [-0.4, -0.2) is 18.0 Å². The summed E-state index contributed by atoms with van der Waals surface area (Å²) in [6, 6.07) is 10.4. The van der Waals surface area contributed by atoms with Crippen LogP contribution < -0.4 is 10.6 Å². The minimum atomic E-state index is -0.512. The molecule has 0 fully saturated rings. The summed E-state index contributed by atoms with van der Waals surface area (Å²) in [5.41, 5.74) is 1.75. The summed E-state index contributed by atoms with van der Waals surface area (Å²) >= 11 is 5.90. The maximum atomic E-state index is 13.0. The van der Waals surface area contributed by atoms with Gasteiger partial charge in [0.2, 0.25) is 0 Å². The molecule has 138 valence electrons. The monoisotopic (exact) mass is 378 g/mol. The third kappa shape index (κ3) is 6.04. The van der Waals surface area contributed by atoms with Gasteiger partial charge in [-0.2, -0.15) is 0 Å². The smallest absolute Gasteiger partial charge is 0.338 e. The average molecular weight is 379 g/mol. The predicted molar refractivity (Wildman–Crippen MR) is 97.5 cm³/mol. The Balaban J connectivity index is 1.87. The van der Waals surface area contributed by atoms with Gasteiger partial charge >= 0.3 is 12.0 Å². The van der Waals surface area contributed by atoms with Gasteiger partial charge in [0.1, 0.15) is 12.4 Å². The van der Waals surface area contributed by atoms with Crippen LogP contribution in [0.25, 0.3) is 0 Å². The van der Waals surface area contributed by atoms with Gasteiger partial charge in [-0.3, -0.25) is 0 Å². The maximum absolute atomic E-state index is 13.0. The van der Waals surface area contributed by atoms with Crippen molar-refractivity contribution in [1.82, 2.24) is 10.6 Å². The Morgan fingerprint density at radius 1 is 1.15 bits per heavy atom. The van der Waals surface area contributed by atoms with Crippen molar-refractivity contribution in [2.45, 2.75) is 33.0 Å². The van der Waals surface area contributed by atoms with Gasteiger partial charge in [0.05, 0.1) is 10.6 Å². The molecule has 0 aliphatic carbocycles. The van der Waals surface area contributed by atoms with E-state index in [1.165, 1.54) is 18.2 Å². The quantitative estimate of drug-likeness (QED) is 0.745. The second kappa shape index (κ2) is 9.20. The number of benzene rings is 2. The predicted octanol–water partition coefficient (Wildman–Crippen LogP) is 4.04. The minimum Gasteiger partial charge on any atom is -0.457 e. The second-order valence-corrected chi connectivity index (χ2v) is 6.40. The third-order valence-corrected chi connectivity index (χ3v) is 3.79. The Hall–Kier alpha value is -2.60. The Kier molecular flexibility index (Phi) is 6.97. The van der Waals surface area contributed by atoms with E-state index in [4.69, 9.17) is 16.3 Å². The van der Waals surface area contributed by atoms with E-state index in [2.05, 4.69) is 10.6 Å². The molecule has 0 unspecified atom stereocenters. The normalized spacial score (nSPS) is 10.5. The van der Waals surface area contributed by atoms with Crippen LogP contribution in [0.4, 0.5) is 9.18 Å². The van der Waals surface area contributed by atoms with Crippen molar-refractivity contribution in [3.05, 3.63) is 70.0 Å². The first-order valence-corrected chi connectivity index (χ1v) is 8.47. The number of esters is 1. The summed E-state index contributed by atoms with van der Waals surface area (Å²) in [7, 11) is 0. The molecule has 26 heavy (non-hydrogen) atoms. The summed E-state index contributed by atoms with van der Waals surface area (Å²) in [4.78, 5) is 23.6. The number of ether oxygens (including phenoxy) is 1. The molecule has 7 heteroatoms. The first-order chi connectivity index (χ1) is 12.3. The lowest BCUT2D eigenvalue weighted by Crippen LogP contribution is -2.39. The number of hydrogen-bond donors (Lipinski definition) is 2. The van der Waals surface area contributed by atoms with E-state index in [1.54, 1.807) is 24.3 Å². The lowest BCUT2D eigenvalue weighted by Gasteiger charge is -2.10. The Labute approximate surface area is 156 Å². The highest BCUT2D eigenvalue weighted by Crippen LogP contribution is 2.18. The maximum Gasteiger partial charge on any atom is 0.338 e. The summed E-state index contributed by atoms with van der Waals surface area (Å²) in [5.74, 6) is -0.959. The van der Waals surface area contributed by atoms with Crippen molar-refractivity contribution >= 4 is 23.6 Å². The summed E-state index contributed by atoms with van der Waals surface area (Å²) in [6.07, 6.45) is 0. The van der Waals surface area contributed by atoms with Crippen molar-refractivity contribution in [2.75, 3.05) is 0 Å². The Morgan fingerprint density at radius 2 is 1.85 bits per heavy atom. The molecular formula is C19H20ClFN2O3. The van der Waals surface area contributed by atoms with Gasteiger partial charge < -0.3 is 15.4 Å². The SMILES string of the molecule is CC(C)NC(=O)NCc1ccc(C(=O)OCc2ccc(F)cc2Cl)cc1. The van der Waals surface area contributed by atoms with Crippen LogP contribution in [0.1, 0.15) is 35.3 Å². The fraction of sp³-hybridized carbons (Fsp3) is 0.263. The van der Waals surface area contributed by atoms with Gasteiger partial charge in [0, 0.05) is 18.2 Å². The van der Waals surface area contributed by atoms with Gasteiger partial charge in [0.15, 0.2) is 0 Å². The van der Waals surface area contributed by atoms with Gasteiger partial charge in [-0.1, -0.05) is 29.8 Å². The molecule has 2 aromatic carbocycles. The number of amides is 2. The highest BCUT2D eigenvalue weighted by molar-refractivity contribution is 6.31. The molecule has 0 heterocycles. The van der Waals surface area contributed by atoms with Crippen LogP contribution in [0.15, 0.2) is 42.5 Å². The summed E-state index contributed by atoms with van der Waals surface area (Å²) < 4.78 is 18.2. The number of nitrogens with one attached hydrogen (secondary N) is 2. The summed E-state index contributed by atoms with van der Waals surface area (Å²) in [5, 5.41) is 5.66. The molecule has 0 radical (unpaired) electrons. The van der Waals surface area contributed by atoms with Crippen LogP contribution in [0.3, 0.4) is 0 Å². The molecule has 0 atom stereocenters. The molecule has 0 aromatic heterocycles. The van der Waals surface area contributed by atoms with Crippen molar-refractivity contribution in [2.24, 2.45) is 0 Å². The molecule has 5 nitrogen and oxygen atoms in total. The minimum absolute atomic E-state index is 0.0450. The molecule has 2 aromatic rings. The fourth-order valence-corrected chi connectivity index (χ4v) is 2.34. The number of carbonyl (C=O) groups is 2. The fourth-order valence-electron chi connectivity index (χ4n) is 2.12. The largest absolute Gasteiger partial charge is 0.457 e. The van der Waals surface area contributed by atoms with Gasteiger partial charge in [-0.05, 0) is 43.7 Å². The second-order valence-electron chi connectivity index (χ2n) is 5.99. The Bertz CT molecular complexity index is 779.